The van der Waals surface area contributed by atoms with Crippen molar-refractivity contribution in [3.63, 3.8) is 0 Å². The highest BCUT2D eigenvalue weighted by Gasteiger charge is 2.27. The fourth-order valence-corrected chi connectivity index (χ4v) is 3.74. The molecule has 0 spiro atoms. The lowest BCUT2D eigenvalue weighted by Gasteiger charge is -2.29. The molecular weight excluding hydrogens is 404 g/mol. The van der Waals surface area contributed by atoms with Crippen molar-refractivity contribution in [3.8, 4) is 17.1 Å². The van der Waals surface area contributed by atoms with Crippen molar-refractivity contribution in [2.75, 3.05) is 30.4 Å². The Hall–Kier alpha value is -3.06. The predicted octanol–water partition coefficient (Wildman–Crippen LogP) is 4.56. The van der Waals surface area contributed by atoms with E-state index in [9.17, 15) is 4.79 Å². The van der Waals surface area contributed by atoms with Crippen LogP contribution in [0.5, 0.6) is 5.75 Å². The van der Waals surface area contributed by atoms with Crippen LogP contribution in [0, 0.1) is 12.8 Å². The van der Waals surface area contributed by atoms with Gasteiger partial charge >= 0.3 is 6.01 Å². The quantitative estimate of drug-likeness (QED) is 0.644. The maximum absolute atomic E-state index is 12.6. The number of carbonyl (C=O) groups is 1. The summed E-state index contributed by atoms with van der Waals surface area (Å²) in [5, 5.41) is 7.50. The van der Waals surface area contributed by atoms with Gasteiger partial charge in [0.15, 0.2) is 0 Å². The van der Waals surface area contributed by atoms with Crippen molar-refractivity contribution in [1.29, 1.82) is 0 Å². The highest BCUT2D eigenvalue weighted by Crippen LogP contribution is 2.29. The third-order valence-electron chi connectivity index (χ3n) is 5.28. The van der Waals surface area contributed by atoms with Crippen molar-refractivity contribution in [3.05, 3.63) is 53.1 Å². The van der Waals surface area contributed by atoms with Crippen LogP contribution < -0.4 is 15.0 Å². The third kappa shape index (κ3) is 4.41. The molecule has 2 aromatic carbocycles. The molecule has 4 rings (SSSR count). The molecule has 0 aliphatic carbocycles. The Morgan fingerprint density at radius 2 is 1.93 bits per heavy atom. The van der Waals surface area contributed by atoms with E-state index in [-0.39, 0.29) is 11.8 Å². The van der Waals surface area contributed by atoms with Crippen molar-refractivity contribution >= 4 is 29.2 Å². The Morgan fingerprint density at radius 3 is 2.60 bits per heavy atom. The summed E-state index contributed by atoms with van der Waals surface area (Å²) in [5.74, 6) is 1.05. The second kappa shape index (κ2) is 8.75. The maximum Gasteiger partial charge on any atom is 0.324 e. The van der Waals surface area contributed by atoms with Crippen LogP contribution in [-0.4, -0.2) is 36.2 Å². The van der Waals surface area contributed by atoms with Gasteiger partial charge in [0.05, 0.1) is 12.1 Å². The fourth-order valence-electron chi connectivity index (χ4n) is 3.49. The smallest absolute Gasteiger partial charge is 0.324 e. The van der Waals surface area contributed by atoms with Crippen LogP contribution in [-0.2, 0) is 4.79 Å². The first-order valence-corrected chi connectivity index (χ1v) is 10.2. The zero-order valence-electron chi connectivity index (χ0n) is 16.9. The summed E-state index contributed by atoms with van der Waals surface area (Å²) in [6.07, 6.45) is 1.41. The Morgan fingerprint density at radius 1 is 1.20 bits per heavy atom. The number of methoxy groups -OCH3 is 1. The van der Waals surface area contributed by atoms with Crippen molar-refractivity contribution in [1.82, 2.24) is 10.1 Å². The summed E-state index contributed by atoms with van der Waals surface area (Å²) in [5.41, 5.74) is 2.76. The van der Waals surface area contributed by atoms with Gasteiger partial charge in [-0.3, -0.25) is 4.79 Å². The van der Waals surface area contributed by atoms with Crippen molar-refractivity contribution < 1.29 is 14.1 Å². The average molecular weight is 427 g/mol. The Balaban J connectivity index is 1.34. The van der Waals surface area contributed by atoms with Gasteiger partial charge < -0.3 is 19.5 Å². The lowest BCUT2D eigenvalue weighted by Crippen LogP contribution is -2.38. The number of piperidine rings is 1. The normalized spacial score (nSPS) is 14.6. The average Bonchev–Trinajstić information content (AvgIpc) is 3.25. The number of carbonyl (C=O) groups excluding carboxylic acids is 1. The van der Waals surface area contributed by atoms with E-state index in [1.807, 2.05) is 36.1 Å². The Labute approximate surface area is 180 Å². The number of rotatable bonds is 5. The molecule has 0 bridgehead atoms. The molecule has 0 saturated carbocycles. The number of nitrogens with zero attached hydrogens (tertiary/aromatic N) is 3. The monoisotopic (exact) mass is 426 g/mol. The number of ether oxygens (including phenoxy) is 1. The van der Waals surface area contributed by atoms with Gasteiger partial charge in [0.25, 0.3) is 0 Å². The molecule has 0 atom stereocenters. The zero-order valence-corrected chi connectivity index (χ0v) is 17.6. The number of aromatic nitrogens is 2. The molecular formula is C22H23ClN4O3. The summed E-state index contributed by atoms with van der Waals surface area (Å²) in [6.45, 7) is 3.39. The number of amides is 1. The molecule has 1 aliphatic heterocycles. The number of benzene rings is 2. The molecule has 156 valence electrons. The number of hydrogen-bond acceptors (Lipinski definition) is 6. The van der Waals surface area contributed by atoms with E-state index in [2.05, 4.69) is 15.5 Å². The van der Waals surface area contributed by atoms with E-state index in [1.165, 1.54) is 5.56 Å². The van der Waals surface area contributed by atoms with Gasteiger partial charge in [0.1, 0.15) is 5.75 Å². The zero-order chi connectivity index (χ0) is 21.1. The molecule has 1 amide bonds. The second-order valence-corrected chi connectivity index (χ2v) is 7.77. The topological polar surface area (TPSA) is 80.5 Å². The van der Waals surface area contributed by atoms with Crippen molar-refractivity contribution in [2.45, 2.75) is 19.8 Å². The molecule has 0 radical (unpaired) electrons. The van der Waals surface area contributed by atoms with E-state index in [4.69, 9.17) is 20.9 Å². The van der Waals surface area contributed by atoms with Crippen LogP contribution >= 0.6 is 11.6 Å². The summed E-state index contributed by atoms with van der Waals surface area (Å²) in [4.78, 5) is 19.2. The number of hydrogen-bond donors (Lipinski definition) is 1. The van der Waals surface area contributed by atoms with Crippen molar-refractivity contribution in [2.24, 2.45) is 5.92 Å². The second-order valence-electron chi connectivity index (χ2n) is 7.37. The first-order valence-electron chi connectivity index (χ1n) is 9.83. The molecule has 2 heterocycles. The number of halogens is 1. The third-order valence-corrected chi connectivity index (χ3v) is 5.58. The lowest BCUT2D eigenvalue weighted by molar-refractivity contribution is -0.120. The number of nitrogens with one attached hydrogen (secondary N) is 1. The number of aryl methyl sites for hydroxylation is 1. The molecule has 8 heteroatoms. The van der Waals surface area contributed by atoms with Crippen LogP contribution in [0.1, 0.15) is 18.4 Å². The Kier molecular flexibility index (Phi) is 5.90. The van der Waals surface area contributed by atoms with E-state index >= 15 is 0 Å². The maximum atomic E-state index is 12.6. The first-order chi connectivity index (χ1) is 14.5. The summed E-state index contributed by atoms with van der Waals surface area (Å²) < 4.78 is 10.6. The molecule has 1 aliphatic rings. The molecule has 1 saturated heterocycles. The minimum Gasteiger partial charge on any atom is -0.495 e. The van der Waals surface area contributed by atoms with Crippen LogP contribution in [0.15, 0.2) is 47.0 Å². The largest absolute Gasteiger partial charge is 0.495 e. The molecule has 0 unspecified atom stereocenters. The summed E-state index contributed by atoms with van der Waals surface area (Å²) in [6, 6.07) is 13.7. The van der Waals surface area contributed by atoms with Gasteiger partial charge in [-0.05, 0) is 38.0 Å². The van der Waals surface area contributed by atoms with Crippen LogP contribution in [0.2, 0.25) is 5.02 Å². The number of anilines is 2. The molecule has 1 N–H and O–H groups in total. The van der Waals surface area contributed by atoms with E-state index in [1.54, 1.807) is 25.3 Å². The van der Waals surface area contributed by atoms with E-state index in [0.717, 1.165) is 5.56 Å². The van der Waals surface area contributed by atoms with Gasteiger partial charge in [-0.1, -0.05) is 46.6 Å². The SMILES string of the molecule is COc1ccc(NC(=O)C2CCN(c3nc(-c4ccc(C)cc4)no3)CC2)cc1Cl. The highest BCUT2D eigenvalue weighted by atomic mass is 35.5. The molecule has 1 fully saturated rings. The van der Waals surface area contributed by atoms with Gasteiger partial charge in [-0.15, -0.1) is 0 Å². The summed E-state index contributed by atoms with van der Waals surface area (Å²) in [7, 11) is 1.56. The van der Waals surface area contributed by atoms with Crippen LogP contribution in [0.25, 0.3) is 11.4 Å². The molecule has 1 aromatic heterocycles. The molecule has 7 nitrogen and oxygen atoms in total. The van der Waals surface area contributed by atoms with Crippen LogP contribution in [0.3, 0.4) is 0 Å². The van der Waals surface area contributed by atoms with E-state index < -0.39 is 0 Å². The summed E-state index contributed by atoms with van der Waals surface area (Å²) >= 11 is 6.13. The van der Waals surface area contributed by atoms with Gasteiger partial charge in [0, 0.05) is 30.3 Å². The standard InChI is InChI=1S/C22H23ClN4O3/c1-14-3-5-15(6-4-14)20-25-22(30-26-20)27-11-9-16(10-12-27)21(28)24-17-7-8-19(29-2)18(23)13-17/h3-8,13,16H,9-12H2,1-2H3,(H,24,28). The van der Waals surface area contributed by atoms with Gasteiger partial charge in [-0.25, -0.2) is 0 Å². The Bertz CT molecular complexity index is 1030. The minimum absolute atomic E-state index is 0.0123. The molecule has 30 heavy (non-hydrogen) atoms. The molecule has 3 aromatic rings. The lowest BCUT2D eigenvalue weighted by atomic mass is 9.96. The minimum atomic E-state index is -0.0818. The predicted molar refractivity (Wildman–Crippen MR) is 116 cm³/mol. The van der Waals surface area contributed by atoms with Crippen LogP contribution in [0.4, 0.5) is 11.7 Å². The van der Waals surface area contributed by atoms with Gasteiger partial charge in [0.2, 0.25) is 11.7 Å². The van der Waals surface area contributed by atoms with E-state index in [0.29, 0.717) is 54.2 Å². The first kappa shape index (κ1) is 20.2. The fraction of sp³-hybridized carbons (Fsp3) is 0.318. The van der Waals surface area contributed by atoms with Gasteiger partial charge in [-0.2, -0.15) is 4.98 Å². The highest BCUT2D eigenvalue weighted by molar-refractivity contribution is 6.32.